The van der Waals surface area contributed by atoms with Gasteiger partial charge in [0.1, 0.15) is 19.0 Å². The quantitative estimate of drug-likeness (QED) is 0.582. The molecule has 9 nitrogen and oxygen atoms in total. The van der Waals surface area contributed by atoms with Gasteiger partial charge in [-0.3, -0.25) is 4.79 Å². The van der Waals surface area contributed by atoms with Crippen molar-refractivity contribution in [3.05, 3.63) is 52.4 Å². The summed E-state index contributed by atoms with van der Waals surface area (Å²) in [6.45, 7) is 5.20. The maximum absolute atomic E-state index is 12.5. The molecule has 9 heteroatoms. The van der Waals surface area contributed by atoms with E-state index >= 15 is 0 Å². The lowest BCUT2D eigenvalue weighted by molar-refractivity contribution is 0.161. The lowest BCUT2D eigenvalue weighted by atomic mass is 10.0. The standard InChI is InChI=1S/C24H29N5O4/c1-31-20-4-2-17-3-5-23(30)29(21(17)15-20)11-10-28-8-6-18(7-9-28)25-16-19-14-22-24(27-26-19)33-13-12-32-22/h2-5,14-15,18,25H,6-13,16H2,1H3. The van der Waals surface area contributed by atoms with Crippen molar-refractivity contribution < 1.29 is 14.2 Å². The number of rotatable bonds is 7. The van der Waals surface area contributed by atoms with E-state index in [4.69, 9.17) is 14.2 Å². The van der Waals surface area contributed by atoms with Gasteiger partial charge in [0.15, 0.2) is 5.75 Å². The number of likely N-dealkylation sites (tertiary alicyclic amines) is 1. The summed E-state index contributed by atoms with van der Waals surface area (Å²) in [4.78, 5) is 15.0. The molecule has 2 aromatic heterocycles. The van der Waals surface area contributed by atoms with Crippen molar-refractivity contribution in [2.45, 2.75) is 32.0 Å². The van der Waals surface area contributed by atoms with Crippen LogP contribution in [0.15, 0.2) is 41.2 Å². The Bertz CT molecular complexity index is 1170. The van der Waals surface area contributed by atoms with E-state index in [1.54, 1.807) is 13.2 Å². The predicted octanol–water partition coefficient (Wildman–Crippen LogP) is 1.83. The highest BCUT2D eigenvalue weighted by molar-refractivity contribution is 5.80. The Morgan fingerprint density at radius 2 is 1.88 bits per heavy atom. The van der Waals surface area contributed by atoms with Crippen LogP contribution in [0.2, 0.25) is 0 Å². The lowest BCUT2D eigenvalue weighted by Gasteiger charge is -2.32. The number of piperidine rings is 1. The molecule has 0 spiro atoms. The molecule has 5 rings (SSSR count). The molecule has 0 amide bonds. The molecular formula is C24H29N5O4. The number of pyridine rings is 1. The zero-order valence-corrected chi connectivity index (χ0v) is 18.8. The number of aromatic nitrogens is 3. The summed E-state index contributed by atoms with van der Waals surface area (Å²) >= 11 is 0. The molecule has 0 bridgehead atoms. The third-order valence-corrected chi connectivity index (χ3v) is 6.36. The summed E-state index contributed by atoms with van der Waals surface area (Å²) in [5.41, 5.74) is 1.79. The van der Waals surface area contributed by atoms with Crippen molar-refractivity contribution in [1.82, 2.24) is 25.0 Å². The summed E-state index contributed by atoms with van der Waals surface area (Å²) in [5, 5.41) is 13.0. The van der Waals surface area contributed by atoms with E-state index in [0.29, 0.717) is 44.0 Å². The molecule has 4 heterocycles. The molecule has 1 saturated heterocycles. The molecule has 2 aliphatic heterocycles. The topological polar surface area (TPSA) is 90.7 Å². The van der Waals surface area contributed by atoms with Crippen molar-refractivity contribution in [1.29, 1.82) is 0 Å². The van der Waals surface area contributed by atoms with Crippen molar-refractivity contribution in [3.8, 4) is 17.4 Å². The summed E-state index contributed by atoms with van der Waals surface area (Å²) < 4.78 is 18.2. The molecule has 3 aromatic rings. The van der Waals surface area contributed by atoms with E-state index in [2.05, 4.69) is 20.4 Å². The van der Waals surface area contributed by atoms with Crippen LogP contribution in [0.25, 0.3) is 10.9 Å². The minimum Gasteiger partial charge on any atom is -0.497 e. The zero-order valence-electron chi connectivity index (χ0n) is 18.8. The molecular weight excluding hydrogens is 422 g/mol. The Kier molecular flexibility index (Phi) is 6.41. The minimum atomic E-state index is 0.0212. The lowest BCUT2D eigenvalue weighted by Crippen LogP contribution is -2.43. The van der Waals surface area contributed by atoms with E-state index in [-0.39, 0.29) is 5.56 Å². The molecule has 2 aliphatic rings. The summed E-state index contributed by atoms with van der Waals surface area (Å²) in [6, 6.07) is 11.7. The van der Waals surface area contributed by atoms with Gasteiger partial charge in [0.2, 0.25) is 0 Å². The smallest absolute Gasteiger partial charge is 0.276 e. The van der Waals surface area contributed by atoms with Gasteiger partial charge in [-0.1, -0.05) is 0 Å². The molecule has 0 atom stereocenters. The number of nitrogens with one attached hydrogen (secondary N) is 1. The number of benzene rings is 1. The van der Waals surface area contributed by atoms with E-state index in [0.717, 1.165) is 54.8 Å². The molecule has 174 valence electrons. The van der Waals surface area contributed by atoms with Crippen LogP contribution in [0.1, 0.15) is 18.5 Å². The normalized spacial score (nSPS) is 16.8. The highest BCUT2D eigenvalue weighted by Gasteiger charge is 2.20. The van der Waals surface area contributed by atoms with E-state index in [9.17, 15) is 4.79 Å². The van der Waals surface area contributed by atoms with Crippen LogP contribution in [0.4, 0.5) is 0 Å². The van der Waals surface area contributed by atoms with Crippen LogP contribution in [-0.2, 0) is 13.1 Å². The van der Waals surface area contributed by atoms with Crippen LogP contribution in [0, 0.1) is 0 Å². The van der Waals surface area contributed by atoms with E-state index in [1.807, 2.05) is 34.9 Å². The van der Waals surface area contributed by atoms with Crippen molar-refractivity contribution >= 4 is 10.9 Å². The molecule has 0 unspecified atom stereocenters. The average molecular weight is 452 g/mol. The third-order valence-electron chi connectivity index (χ3n) is 6.36. The van der Waals surface area contributed by atoms with Crippen LogP contribution >= 0.6 is 0 Å². The fourth-order valence-corrected chi connectivity index (χ4v) is 4.46. The van der Waals surface area contributed by atoms with Crippen LogP contribution in [0.5, 0.6) is 17.4 Å². The summed E-state index contributed by atoms with van der Waals surface area (Å²) in [7, 11) is 1.64. The molecule has 33 heavy (non-hydrogen) atoms. The van der Waals surface area contributed by atoms with Crippen molar-refractivity contribution in [2.75, 3.05) is 40.0 Å². The molecule has 1 aromatic carbocycles. The van der Waals surface area contributed by atoms with Gasteiger partial charge < -0.3 is 29.0 Å². The van der Waals surface area contributed by atoms with Crippen molar-refractivity contribution in [2.24, 2.45) is 0 Å². The van der Waals surface area contributed by atoms with Crippen LogP contribution in [-0.4, -0.2) is 65.7 Å². The van der Waals surface area contributed by atoms with Gasteiger partial charge in [-0.15, -0.1) is 5.10 Å². The van der Waals surface area contributed by atoms with Gasteiger partial charge in [-0.25, -0.2) is 0 Å². The first-order chi connectivity index (χ1) is 16.2. The van der Waals surface area contributed by atoms with Crippen LogP contribution < -0.4 is 25.1 Å². The van der Waals surface area contributed by atoms with E-state index in [1.165, 1.54) is 0 Å². The molecule has 1 fully saturated rings. The fourth-order valence-electron chi connectivity index (χ4n) is 4.46. The average Bonchev–Trinajstić information content (AvgIpc) is 2.87. The Morgan fingerprint density at radius 3 is 2.73 bits per heavy atom. The van der Waals surface area contributed by atoms with E-state index < -0.39 is 0 Å². The fraction of sp³-hybridized carbons (Fsp3) is 0.458. The number of hydrogen-bond acceptors (Lipinski definition) is 8. The molecule has 1 N–H and O–H groups in total. The van der Waals surface area contributed by atoms with Gasteiger partial charge in [0, 0.05) is 43.9 Å². The minimum absolute atomic E-state index is 0.0212. The maximum atomic E-state index is 12.5. The van der Waals surface area contributed by atoms with Gasteiger partial charge in [0.05, 0.1) is 18.3 Å². The van der Waals surface area contributed by atoms with Crippen LogP contribution in [0.3, 0.4) is 0 Å². The van der Waals surface area contributed by atoms with Crippen molar-refractivity contribution in [3.63, 3.8) is 0 Å². The number of fused-ring (bicyclic) bond motifs is 2. The first kappa shape index (κ1) is 21.7. The Morgan fingerprint density at radius 1 is 1.06 bits per heavy atom. The van der Waals surface area contributed by atoms with Gasteiger partial charge in [-0.2, -0.15) is 5.10 Å². The third kappa shape index (κ3) is 4.94. The zero-order chi connectivity index (χ0) is 22.6. The predicted molar refractivity (Wildman–Crippen MR) is 124 cm³/mol. The number of methoxy groups -OCH3 is 1. The maximum Gasteiger partial charge on any atom is 0.276 e. The van der Waals surface area contributed by atoms with Gasteiger partial charge >= 0.3 is 0 Å². The highest BCUT2D eigenvalue weighted by Crippen LogP contribution is 2.27. The second-order valence-corrected chi connectivity index (χ2v) is 8.45. The molecule has 0 saturated carbocycles. The number of ether oxygens (including phenoxy) is 3. The first-order valence-electron chi connectivity index (χ1n) is 11.4. The number of nitrogens with zero attached hydrogens (tertiary/aromatic N) is 4. The Balaban J connectivity index is 1.13. The second-order valence-electron chi connectivity index (χ2n) is 8.45. The molecule has 0 aliphatic carbocycles. The van der Waals surface area contributed by atoms with Gasteiger partial charge in [-0.05, 0) is 49.5 Å². The monoisotopic (exact) mass is 451 g/mol. The second kappa shape index (κ2) is 9.76. The van der Waals surface area contributed by atoms with Gasteiger partial charge in [0.25, 0.3) is 11.4 Å². The highest BCUT2D eigenvalue weighted by atomic mass is 16.6. The SMILES string of the molecule is COc1ccc2ccc(=O)n(CCN3CCC(NCc4cc5c(nn4)OCCO5)CC3)c2c1. The first-order valence-corrected chi connectivity index (χ1v) is 11.4. The largest absolute Gasteiger partial charge is 0.497 e. The summed E-state index contributed by atoms with van der Waals surface area (Å²) in [6.07, 6.45) is 2.10. The Hall–Kier alpha value is -3.17. The summed E-state index contributed by atoms with van der Waals surface area (Å²) in [5.74, 6) is 1.91. The molecule has 0 radical (unpaired) electrons. The Labute approximate surface area is 192 Å². The number of hydrogen-bond donors (Lipinski definition) is 1.